The first-order chi connectivity index (χ1) is 29.0. The highest BCUT2D eigenvalue weighted by molar-refractivity contribution is 5.95. The Hall–Kier alpha value is -7.22. The van der Waals surface area contributed by atoms with Crippen LogP contribution in [0.3, 0.4) is 0 Å². The van der Waals surface area contributed by atoms with Gasteiger partial charge in [0.25, 0.3) is 0 Å². The second-order valence-electron chi connectivity index (χ2n) is 16.5. The lowest BCUT2D eigenvalue weighted by Gasteiger charge is -2.35. The summed E-state index contributed by atoms with van der Waals surface area (Å²) in [6.45, 7) is 4.77. The van der Waals surface area contributed by atoms with Crippen molar-refractivity contribution in [1.82, 2.24) is 0 Å². The standard InChI is InChI=1S/C58H43N/c1-57(2)53-29-17-15-28-49(53)52-38-47(37-51(56(52)57)42-21-9-4-10-22-42)59(45-33-31-41(32-34-45)40-19-7-3-8-20-40)46-35-36-50-48-27-16-18-30-54(48)58(55(50)39-46,43-23-11-5-12-24-43)44-25-13-6-14-26-44/h3-39H,1-2H3. The van der Waals surface area contributed by atoms with Crippen LogP contribution in [0.1, 0.15) is 47.2 Å². The summed E-state index contributed by atoms with van der Waals surface area (Å²) in [4.78, 5) is 2.49. The summed E-state index contributed by atoms with van der Waals surface area (Å²) >= 11 is 0. The van der Waals surface area contributed by atoms with Crippen LogP contribution in [0.25, 0.3) is 44.5 Å². The van der Waals surface area contributed by atoms with Gasteiger partial charge in [-0.25, -0.2) is 0 Å². The molecule has 0 aliphatic heterocycles. The van der Waals surface area contributed by atoms with Gasteiger partial charge in [-0.2, -0.15) is 0 Å². The molecular weight excluding hydrogens is 711 g/mol. The maximum atomic E-state index is 2.49. The third-order valence-electron chi connectivity index (χ3n) is 12.9. The number of rotatable bonds is 7. The molecule has 0 radical (unpaired) electrons. The van der Waals surface area contributed by atoms with Crippen LogP contribution < -0.4 is 4.90 Å². The van der Waals surface area contributed by atoms with E-state index in [0.717, 1.165) is 17.1 Å². The monoisotopic (exact) mass is 753 g/mol. The van der Waals surface area contributed by atoms with Crippen molar-refractivity contribution >= 4 is 17.1 Å². The molecule has 0 N–H and O–H groups in total. The summed E-state index contributed by atoms with van der Waals surface area (Å²) in [6, 6.07) is 83.0. The Balaban J connectivity index is 1.20. The molecule has 0 bridgehead atoms. The molecule has 0 amide bonds. The normalized spacial score (nSPS) is 13.9. The highest BCUT2D eigenvalue weighted by Gasteiger charge is 2.46. The van der Waals surface area contributed by atoms with Gasteiger partial charge in [0.1, 0.15) is 0 Å². The van der Waals surface area contributed by atoms with Crippen molar-refractivity contribution in [1.29, 1.82) is 0 Å². The van der Waals surface area contributed by atoms with Gasteiger partial charge in [-0.05, 0) is 114 Å². The fraction of sp³-hybridized carbons (Fsp3) is 0.0690. The Morgan fingerprint density at radius 2 is 0.763 bits per heavy atom. The Kier molecular flexibility index (Phi) is 8.13. The molecule has 0 fully saturated rings. The lowest BCUT2D eigenvalue weighted by Crippen LogP contribution is -2.28. The van der Waals surface area contributed by atoms with Gasteiger partial charge in [0.05, 0.1) is 5.41 Å². The number of anilines is 3. The van der Waals surface area contributed by atoms with Crippen molar-refractivity contribution in [2.75, 3.05) is 4.90 Å². The molecule has 9 aromatic rings. The number of hydrogen-bond acceptors (Lipinski definition) is 1. The van der Waals surface area contributed by atoms with E-state index in [1.54, 1.807) is 0 Å². The lowest BCUT2D eigenvalue weighted by atomic mass is 9.67. The largest absolute Gasteiger partial charge is 0.310 e. The van der Waals surface area contributed by atoms with E-state index in [1.807, 2.05) is 0 Å². The third-order valence-corrected chi connectivity index (χ3v) is 12.9. The van der Waals surface area contributed by atoms with Crippen LogP contribution in [0.4, 0.5) is 17.1 Å². The molecule has 0 spiro atoms. The molecule has 0 saturated heterocycles. The molecule has 9 aromatic carbocycles. The van der Waals surface area contributed by atoms with Gasteiger partial charge in [-0.1, -0.05) is 202 Å². The van der Waals surface area contributed by atoms with Crippen LogP contribution in [0.5, 0.6) is 0 Å². The summed E-state index contributed by atoms with van der Waals surface area (Å²) in [5.41, 5.74) is 20.6. The van der Waals surface area contributed by atoms with Crippen LogP contribution in [-0.2, 0) is 10.8 Å². The van der Waals surface area contributed by atoms with Gasteiger partial charge in [-0.3, -0.25) is 0 Å². The minimum Gasteiger partial charge on any atom is -0.310 e. The second kappa shape index (κ2) is 13.7. The minimum absolute atomic E-state index is 0.165. The predicted octanol–water partition coefficient (Wildman–Crippen LogP) is 15.2. The third kappa shape index (κ3) is 5.39. The average molecular weight is 754 g/mol. The van der Waals surface area contributed by atoms with Gasteiger partial charge in [0.2, 0.25) is 0 Å². The molecule has 0 heterocycles. The molecule has 2 aliphatic rings. The van der Waals surface area contributed by atoms with E-state index < -0.39 is 5.41 Å². The Morgan fingerprint density at radius 3 is 1.39 bits per heavy atom. The summed E-state index contributed by atoms with van der Waals surface area (Å²) in [5.74, 6) is 0. The van der Waals surface area contributed by atoms with Crippen molar-refractivity contribution in [3.8, 4) is 44.5 Å². The van der Waals surface area contributed by atoms with Gasteiger partial charge >= 0.3 is 0 Å². The van der Waals surface area contributed by atoms with Gasteiger partial charge < -0.3 is 4.90 Å². The van der Waals surface area contributed by atoms with Crippen molar-refractivity contribution in [2.24, 2.45) is 0 Å². The zero-order valence-electron chi connectivity index (χ0n) is 33.3. The van der Waals surface area contributed by atoms with Crippen LogP contribution in [0, 0.1) is 0 Å². The van der Waals surface area contributed by atoms with Crippen molar-refractivity contribution in [3.05, 3.63) is 258 Å². The first-order valence-electron chi connectivity index (χ1n) is 20.7. The van der Waals surface area contributed by atoms with E-state index in [0.29, 0.717) is 0 Å². The molecule has 0 aromatic heterocycles. The van der Waals surface area contributed by atoms with E-state index >= 15 is 0 Å². The summed E-state index contributed by atoms with van der Waals surface area (Å²) in [5, 5.41) is 0. The van der Waals surface area contributed by atoms with E-state index in [1.165, 1.54) is 77.9 Å². The molecule has 2 aliphatic carbocycles. The number of fused-ring (bicyclic) bond motifs is 6. The van der Waals surface area contributed by atoms with Gasteiger partial charge in [0.15, 0.2) is 0 Å². The number of hydrogen-bond donors (Lipinski definition) is 0. The fourth-order valence-electron chi connectivity index (χ4n) is 10.3. The quantitative estimate of drug-likeness (QED) is 0.157. The maximum absolute atomic E-state index is 2.49. The highest BCUT2D eigenvalue weighted by Crippen LogP contribution is 2.58. The molecule has 0 unspecified atom stereocenters. The van der Waals surface area contributed by atoms with E-state index in [9.17, 15) is 0 Å². The molecule has 280 valence electrons. The van der Waals surface area contributed by atoms with Crippen LogP contribution in [-0.4, -0.2) is 0 Å². The molecule has 59 heavy (non-hydrogen) atoms. The number of nitrogens with zero attached hydrogens (tertiary/aromatic N) is 1. The van der Waals surface area contributed by atoms with Crippen molar-refractivity contribution in [3.63, 3.8) is 0 Å². The average Bonchev–Trinajstić information content (AvgIpc) is 3.73. The smallest absolute Gasteiger partial charge is 0.0714 e. The van der Waals surface area contributed by atoms with Crippen molar-refractivity contribution in [2.45, 2.75) is 24.7 Å². The predicted molar refractivity (Wildman–Crippen MR) is 247 cm³/mol. The topological polar surface area (TPSA) is 3.24 Å². The lowest BCUT2D eigenvalue weighted by molar-refractivity contribution is 0.662. The zero-order chi connectivity index (χ0) is 39.6. The second-order valence-corrected chi connectivity index (χ2v) is 16.5. The van der Waals surface area contributed by atoms with Gasteiger partial charge in [0, 0.05) is 22.5 Å². The maximum Gasteiger partial charge on any atom is 0.0714 e. The minimum atomic E-state index is -0.511. The molecule has 0 saturated carbocycles. The Bertz CT molecular complexity index is 2940. The summed E-state index contributed by atoms with van der Waals surface area (Å²) in [6.07, 6.45) is 0. The highest BCUT2D eigenvalue weighted by atomic mass is 15.1. The van der Waals surface area contributed by atoms with Crippen LogP contribution in [0.15, 0.2) is 224 Å². The zero-order valence-corrected chi connectivity index (χ0v) is 33.3. The SMILES string of the molecule is CC1(C)c2ccccc2-c2cc(N(c3ccc(-c4ccccc4)cc3)c3ccc4c(c3)C(c3ccccc3)(c3ccccc3)c3ccccc3-4)cc(-c3ccccc3)c21. The first kappa shape index (κ1) is 35.0. The van der Waals surface area contributed by atoms with E-state index in [-0.39, 0.29) is 5.41 Å². The fourth-order valence-corrected chi connectivity index (χ4v) is 10.3. The summed E-state index contributed by atoms with van der Waals surface area (Å²) in [7, 11) is 0. The Labute approximate surface area is 347 Å². The van der Waals surface area contributed by atoms with Crippen molar-refractivity contribution < 1.29 is 0 Å². The van der Waals surface area contributed by atoms with E-state index in [2.05, 4.69) is 243 Å². The van der Waals surface area contributed by atoms with Crippen LogP contribution >= 0.6 is 0 Å². The molecular formula is C58H43N. The van der Waals surface area contributed by atoms with Crippen LogP contribution in [0.2, 0.25) is 0 Å². The molecule has 11 rings (SSSR count). The Morgan fingerprint density at radius 1 is 0.305 bits per heavy atom. The molecule has 1 nitrogen and oxygen atoms in total. The van der Waals surface area contributed by atoms with Gasteiger partial charge in [-0.15, -0.1) is 0 Å². The van der Waals surface area contributed by atoms with E-state index in [4.69, 9.17) is 0 Å². The first-order valence-corrected chi connectivity index (χ1v) is 20.7. The number of benzene rings is 9. The summed E-state index contributed by atoms with van der Waals surface area (Å²) < 4.78 is 0. The molecule has 0 atom stereocenters. The molecule has 1 heteroatoms.